The van der Waals surface area contributed by atoms with E-state index in [0.29, 0.717) is 0 Å². The van der Waals surface area contributed by atoms with Crippen LogP contribution in [-0.4, -0.2) is 0 Å². The number of hydrogen-bond donors (Lipinski definition) is 0. The number of terminal acetylenes is 1. The highest BCUT2D eigenvalue weighted by molar-refractivity contribution is 5.82. The number of rotatable bonds is 5. The standard InChI is InChI=1S/C39H31N/c1-4-29-21-25-35-36-26-22-31(28-38(36)39(5-2,6-3)37(35)27-29)18-17-30-19-23-34(24-20-30)40(32-13-9-7-10-14-32)33-15-11-8-12-16-33/h1,7-16,19-28H,5-6H2,2-3H3. The van der Waals surface area contributed by atoms with Crippen molar-refractivity contribution in [3.63, 3.8) is 0 Å². The highest BCUT2D eigenvalue weighted by atomic mass is 15.1. The van der Waals surface area contributed by atoms with Gasteiger partial charge in [-0.3, -0.25) is 0 Å². The quantitative estimate of drug-likeness (QED) is 0.211. The Labute approximate surface area is 238 Å². The van der Waals surface area contributed by atoms with E-state index >= 15 is 0 Å². The average molecular weight is 514 g/mol. The van der Waals surface area contributed by atoms with Crippen molar-refractivity contribution < 1.29 is 0 Å². The second kappa shape index (κ2) is 10.6. The molecule has 40 heavy (non-hydrogen) atoms. The van der Waals surface area contributed by atoms with Crippen molar-refractivity contribution in [1.29, 1.82) is 0 Å². The van der Waals surface area contributed by atoms with Gasteiger partial charge in [0.2, 0.25) is 0 Å². The molecular formula is C39H31N. The normalized spacial score (nSPS) is 12.4. The van der Waals surface area contributed by atoms with Crippen molar-refractivity contribution >= 4 is 17.1 Å². The Hall–Kier alpha value is -4.98. The molecule has 0 N–H and O–H groups in total. The van der Waals surface area contributed by atoms with Crippen LogP contribution in [0.15, 0.2) is 121 Å². The van der Waals surface area contributed by atoms with Crippen LogP contribution in [0.4, 0.5) is 17.1 Å². The van der Waals surface area contributed by atoms with E-state index < -0.39 is 0 Å². The summed E-state index contributed by atoms with van der Waals surface area (Å²) in [7, 11) is 0. The Morgan fingerprint density at radius 2 is 1.00 bits per heavy atom. The largest absolute Gasteiger partial charge is 0.311 e. The minimum Gasteiger partial charge on any atom is -0.311 e. The first-order chi connectivity index (χ1) is 19.7. The molecule has 0 saturated heterocycles. The summed E-state index contributed by atoms with van der Waals surface area (Å²) in [4.78, 5) is 2.26. The Morgan fingerprint density at radius 1 is 0.550 bits per heavy atom. The first kappa shape index (κ1) is 25.3. The zero-order valence-electron chi connectivity index (χ0n) is 23.0. The van der Waals surface area contributed by atoms with Crippen LogP contribution >= 0.6 is 0 Å². The molecule has 0 saturated carbocycles. The van der Waals surface area contributed by atoms with Gasteiger partial charge in [-0.2, -0.15) is 0 Å². The summed E-state index contributed by atoms with van der Waals surface area (Å²) in [5.74, 6) is 9.67. The van der Waals surface area contributed by atoms with Gasteiger partial charge in [-0.1, -0.05) is 80.1 Å². The van der Waals surface area contributed by atoms with Crippen LogP contribution in [-0.2, 0) is 5.41 Å². The predicted octanol–water partition coefficient (Wildman–Crippen LogP) is 9.62. The van der Waals surface area contributed by atoms with Crippen LogP contribution in [0.2, 0.25) is 0 Å². The summed E-state index contributed by atoms with van der Waals surface area (Å²) in [6.07, 6.45) is 7.80. The number of benzene rings is 5. The van der Waals surface area contributed by atoms with Gasteiger partial charge in [0.1, 0.15) is 0 Å². The molecule has 1 aliphatic carbocycles. The molecule has 0 bridgehead atoms. The maximum Gasteiger partial charge on any atom is 0.0462 e. The molecule has 6 rings (SSSR count). The second-order valence-electron chi connectivity index (χ2n) is 10.3. The van der Waals surface area contributed by atoms with Gasteiger partial charge >= 0.3 is 0 Å². The van der Waals surface area contributed by atoms with E-state index in [1.54, 1.807) is 0 Å². The van der Waals surface area contributed by atoms with Gasteiger partial charge in [0.15, 0.2) is 0 Å². The maximum atomic E-state index is 5.75. The Morgan fingerprint density at radius 3 is 1.52 bits per heavy atom. The van der Waals surface area contributed by atoms with Crippen molar-refractivity contribution in [1.82, 2.24) is 0 Å². The maximum absolute atomic E-state index is 5.75. The number of para-hydroxylation sites is 2. The Bertz CT molecular complexity index is 1720. The van der Waals surface area contributed by atoms with Gasteiger partial charge in [-0.15, -0.1) is 6.42 Å². The first-order valence-electron chi connectivity index (χ1n) is 13.9. The van der Waals surface area contributed by atoms with Crippen molar-refractivity contribution in [3.05, 3.63) is 149 Å². The van der Waals surface area contributed by atoms with Gasteiger partial charge in [-0.05, 0) is 108 Å². The minimum atomic E-state index is -0.0325. The highest BCUT2D eigenvalue weighted by Crippen LogP contribution is 2.53. The van der Waals surface area contributed by atoms with E-state index in [4.69, 9.17) is 6.42 Å². The third-order valence-electron chi connectivity index (χ3n) is 8.24. The molecule has 0 amide bonds. The molecule has 0 fully saturated rings. The summed E-state index contributed by atoms with van der Waals surface area (Å²) in [5, 5.41) is 0. The molecule has 1 aliphatic rings. The van der Waals surface area contributed by atoms with Gasteiger partial charge < -0.3 is 4.90 Å². The van der Waals surface area contributed by atoms with Crippen LogP contribution in [0.25, 0.3) is 11.1 Å². The topological polar surface area (TPSA) is 3.24 Å². The van der Waals surface area contributed by atoms with Crippen LogP contribution in [0.3, 0.4) is 0 Å². The van der Waals surface area contributed by atoms with Gasteiger partial charge in [0.25, 0.3) is 0 Å². The van der Waals surface area contributed by atoms with Crippen molar-refractivity contribution in [3.8, 4) is 35.3 Å². The minimum absolute atomic E-state index is 0.0325. The molecule has 1 heteroatoms. The van der Waals surface area contributed by atoms with Gasteiger partial charge in [0, 0.05) is 39.2 Å². The monoisotopic (exact) mass is 513 g/mol. The molecule has 0 aliphatic heterocycles. The van der Waals surface area contributed by atoms with E-state index in [-0.39, 0.29) is 5.41 Å². The van der Waals surface area contributed by atoms with E-state index in [2.05, 4.69) is 146 Å². The van der Waals surface area contributed by atoms with Crippen molar-refractivity contribution in [2.75, 3.05) is 4.90 Å². The summed E-state index contributed by atoms with van der Waals surface area (Å²) in [5.41, 5.74) is 11.6. The SMILES string of the molecule is C#Cc1ccc2c(c1)C(CC)(CC)c1cc(C#Cc3ccc(N(c4ccccc4)c4ccccc4)cc3)ccc1-2. The molecule has 5 aromatic carbocycles. The summed E-state index contributed by atoms with van der Waals surface area (Å²) < 4.78 is 0. The Kier molecular flexibility index (Phi) is 6.74. The molecule has 0 spiro atoms. The molecular weight excluding hydrogens is 482 g/mol. The zero-order chi connectivity index (χ0) is 27.5. The van der Waals surface area contributed by atoms with Crippen LogP contribution in [0.1, 0.15) is 54.5 Å². The number of anilines is 3. The molecule has 1 nitrogen and oxygen atoms in total. The number of fused-ring (bicyclic) bond motifs is 3. The lowest BCUT2D eigenvalue weighted by Gasteiger charge is -2.29. The third kappa shape index (κ3) is 4.37. The lowest BCUT2D eigenvalue weighted by molar-refractivity contribution is 0.490. The second-order valence-corrected chi connectivity index (χ2v) is 10.3. The molecule has 0 atom stereocenters. The fourth-order valence-electron chi connectivity index (χ4n) is 6.11. The lowest BCUT2D eigenvalue weighted by Crippen LogP contribution is -2.23. The molecule has 0 aromatic heterocycles. The number of hydrogen-bond acceptors (Lipinski definition) is 1. The van der Waals surface area contributed by atoms with E-state index in [1.807, 2.05) is 12.1 Å². The Balaban J connectivity index is 1.32. The van der Waals surface area contributed by atoms with Crippen molar-refractivity contribution in [2.45, 2.75) is 32.1 Å². The summed E-state index contributed by atoms with van der Waals surface area (Å²) in [6.45, 7) is 4.55. The molecule has 0 unspecified atom stereocenters. The van der Waals surface area contributed by atoms with Crippen molar-refractivity contribution in [2.24, 2.45) is 0 Å². The molecule has 5 aromatic rings. The average Bonchev–Trinajstić information content (AvgIpc) is 3.30. The van der Waals surface area contributed by atoms with E-state index in [0.717, 1.165) is 46.6 Å². The van der Waals surface area contributed by atoms with Crippen LogP contribution in [0.5, 0.6) is 0 Å². The summed E-state index contributed by atoms with van der Waals surface area (Å²) >= 11 is 0. The smallest absolute Gasteiger partial charge is 0.0462 e. The predicted molar refractivity (Wildman–Crippen MR) is 168 cm³/mol. The van der Waals surface area contributed by atoms with E-state index in [1.165, 1.54) is 22.3 Å². The lowest BCUT2D eigenvalue weighted by atomic mass is 9.73. The van der Waals surface area contributed by atoms with Gasteiger partial charge in [-0.25, -0.2) is 0 Å². The molecule has 0 radical (unpaired) electrons. The first-order valence-corrected chi connectivity index (χ1v) is 13.9. The number of nitrogens with zero attached hydrogens (tertiary/aromatic N) is 1. The van der Waals surface area contributed by atoms with Crippen LogP contribution < -0.4 is 4.90 Å². The molecule has 192 valence electrons. The highest BCUT2D eigenvalue weighted by Gasteiger charge is 2.40. The summed E-state index contributed by atoms with van der Waals surface area (Å²) in [6, 6.07) is 42.5. The zero-order valence-corrected chi connectivity index (χ0v) is 23.0. The fourth-order valence-corrected chi connectivity index (χ4v) is 6.11. The van der Waals surface area contributed by atoms with Crippen LogP contribution in [0, 0.1) is 24.2 Å². The molecule has 0 heterocycles. The fraction of sp³-hybridized carbons (Fsp3) is 0.128. The third-order valence-corrected chi connectivity index (χ3v) is 8.24. The van der Waals surface area contributed by atoms with Gasteiger partial charge in [0.05, 0.1) is 0 Å². The van der Waals surface area contributed by atoms with E-state index in [9.17, 15) is 0 Å².